The number of hydrogen-bond acceptors (Lipinski definition) is 6. The predicted octanol–water partition coefficient (Wildman–Crippen LogP) is 6.68. The molecule has 0 aliphatic heterocycles. The molecule has 2 aromatic heterocycles. The van der Waals surface area contributed by atoms with Crippen LogP contribution in [-0.4, -0.2) is 14.8 Å². The Labute approximate surface area is 170 Å². The molecule has 0 atom stereocenters. The Morgan fingerprint density at radius 1 is 1.22 bits per heavy atom. The maximum atomic E-state index is 5.65. The summed E-state index contributed by atoms with van der Waals surface area (Å²) in [6.45, 7) is 0.573. The molecular weight excluding hydrogens is 394 g/mol. The first-order valence-corrected chi connectivity index (χ1v) is 11.3. The normalized spacial score (nSPS) is 15.1. The highest BCUT2D eigenvalue weighted by atomic mass is 32.2. The van der Waals surface area contributed by atoms with Crippen LogP contribution < -0.4 is 5.32 Å². The summed E-state index contributed by atoms with van der Waals surface area (Å²) >= 11 is 9.11. The zero-order valence-corrected chi connectivity index (χ0v) is 17.1. The fourth-order valence-corrected chi connectivity index (χ4v) is 6.41. The number of thioether (sulfide) groups is 1. The number of aromatic nitrogens is 2. The molecule has 1 aliphatic carbocycles. The van der Waals surface area contributed by atoms with Crippen molar-refractivity contribution in [2.45, 2.75) is 41.9 Å². The van der Waals surface area contributed by atoms with Crippen LogP contribution in [0.3, 0.4) is 0 Å². The highest BCUT2D eigenvalue weighted by molar-refractivity contribution is 8.01. The largest absolute Gasteiger partial charge is 0.429 e. The molecule has 138 valence electrons. The number of nitrogens with one attached hydrogen (secondary N) is 1. The second kappa shape index (κ2) is 7.30. The van der Waals surface area contributed by atoms with Gasteiger partial charge in [-0.3, -0.25) is 4.57 Å². The molecule has 4 nitrogen and oxygen atoms in total. The first kappa shape index (κ1) is 17.3. The maximum Gasteiger partial charge on any atom is 0.271 e. The second-order valence-electron chi connectivity index (χ2n) is 6.79. The fourth-order valence-electron chi connectivity index (χ4n) is 3.55. The lowest BCUT2D eigenvalue weighted by Gasteiger charge is -2.07. The molecule has 0 bridgehead atoms. The number of benzene rings is 2. The molecule has 2 heterocycles. The van der Waals surface area contributed by atoms with E-state index in [0.717, 1.165) is 27.6 Å². The van der Waals surface area contributed by atoms with Crippen molar-refractivity contribution in [3.05, 3.63) is 47.3 Å². The molecule has 4 aromatic rings. The third-order valence-electron chi connectivity index (χ3n) is 4.95. The molecule has 1 fully saturated rings. The van der Waals surface area contributed by atoms with E-state index in [1.165, 1.54) is 34.7 Å². The van der Waals surface area contributed by atoms with E-state index in [9.17, 15) is 0 Å². The molecular formula is C20H19N3OS3. The van der Waals surface area contributed by atoms with Gasteiger partial charge in [0.25, 0.3) is 4.84 Å². The minimum absolute atomic E-state index is 0.484. The van der Waals surface area contributed by atoms with Gasteiger partial charge >= 0.3 is 0 Å². The van der Waals surface area contributed by atoms with Crippen molar-refractivity contribution in [3.63, 3.8) is 0 Å². The van der Waals surface area contributed by atoms with Crippen LogP contribution in [0.4, 0.5) is 5.69 Å². The van der Waals surface area contributed by atoms with E-state index in [2.05, 4.69) is 23.5 Å². The van der Waals surface area contributed by atoms with E-state index in [-0.39, 0.29) is 0 Å². The van der Waals surface area contributed by atoms with Crippen LogP contribution in [0.2, 0.25) is 0 Å². The summed E-state index contributed by atoms with van der Waals surface area (Å²) < 4.78 is 10.0. The summed E-state index contributed by atoms with van der Waals surface area (Å²) in [6.07, 6.45) is 5.38. The molecule has 2 aromatic carbocycles. The van der Waals surface area contributed by atoms with E-state index in [0.29, 0.717) is 11.5 Å². The summed E-state index contributed by atoms with van der Waals surface area (Å²) in [5, 5.41) is 4.21. The third kappa shape index (κ3) is 3.51. The standard InChI is InChI=1S/C20H19N3OS3/c25-20-23(16-7-3-4-8-17(16)24-20)12-21-13-9-10-15-18(11-13)27-19(22-15)26-14-5-1-2-6-14/h3-4,7-11,14,21H,1-2,5-6,12H2. The topological polar surface area (TPSA) is 43.0 Å². The lowest BCUT2D eigenvalue weighted by Crippen LogP contribution is -2.07. The molecule has 0 spiro atoms. The lowest BCUT2D eigenvalue weighted by molar-refractivity contribution is 0.546. The van der Waals surface area contributed by atoms with Gasteiger partial charge in [-0.1, -0.05) is 36.7 Å². The van der Waals surface area contributed by atoms with Gasteiger partial charge in [0.15, 0.2) is 9.92 Å². The Morgan fingerprint density at radius 3 is 2.96 bits per heavy atom. The average Bonchev–Trinajstić information content (AvgIpc) is 3.38. The van der Waals surface area contributed by atoms with Gasteiger partial charge in [-0.2, -0.15) is 0 Å². The maximum absolute atomic E-state index is 5.65. The molecule has 0 saturated heterocycles. The van der Waals surface area contributed by atoms with Crippen molar-refractivity contribution in [1.82, 2.24) is 9.55 Å². The smallest absolute Gasteiger partial charge is 0.271 e. The van der Waals surface area contributed by atoms with Gasteiger partial charge in [-0.25, -0.2) is 4.98 Å². The number of para-hydroxylation sites is 2. The van der Waals surface area contributed by atoms with Crippen molar-refractivity contribution in [2.75, 3.05) is 5.32 Å². The van der Waals surface area contributed by atoms with Crippen LogP contribution in [0.25, 0.3) is 21.3 Å². The first-order valence-electron chi connectivity index (χ1n) is 9.16. The predicted molar refractivity (Wildman–Crippen MR) is 116 cm³/mol. The highest BCUT2D eigenvalue weighted by Crippen LogP contribution is 2.38. The third-order valence-corrected chi connectivity index (χ3v) is 7.71. The van der Waals surface area contributed by atoms with E-state index in [1.807, 2.05) is 40.6 Å². The zero-order valence-electron chi connectivity index (χ0n) is 14.7. The van der Waals surface area contributed by atoms with Crippen LogP contribution in [0.15, 0.2) is 51.2 Å². The van der Waals surface area contributed by atoms with E-state index in [4.69, 9.17) is 21.6 Å². The number of oxazole rings is 1. The van der Waals surface area contributed by atoms with Gasteiger partial charge in [0, 0.05) is 10.9 Å². The van der Waals surface area contributed by atoms with Crippen molar-refractivity contribution >= 4 is 62.3 Å². The lowest BCUT2D eigenvalue weighted by atomic mass is 10.3. The minimum Gasteiger partial charge on any atom is -0.429 e. The Balaban J connectivity index is 1.35. The number of hydrogen-bond donors (Lipinski definition) is 1. The van der Waals surface area contributed by atoms with Crippen LogP contribution in [0.1, 0.15) is 25.7 Å². The first-order chi connectivity index (χ1) is 13.3. The Hall–Kier alpha value is -1.83. The summed E-state index contributed by atoms with van der Waals surface area (Å²) in [5.74, 6) is 0. The number of nitrogens with zero attached hydrogens (tertiary/aromatic N) is 2. The Morgan fingerprint density at radius 2 is 2.07 bits per heavy atom. The van der Waals surface area contributed by atoms with Crippen molar-refractivity contribution in [1.29, 1.82) is 0 Å². The summed E-state index contributed by atoms with van der Waals surface area (Å²) in [4.78, 5) is 5.28. The summed E-state index contributed by atoms with van der Waals surface area (Å²) in [7, 11) is 0. The molecule has 0 unspecified atom stereocenters. The van der Waals surface area contributed by atoms with Gasteiger partial charge in [-0.05, 0) is 55.4 Å². The molecule has 5 rings (SSSR count). The number of fused-ring (bicyclic) bond motifs is 2. The molecule has 1 N–H and O–H groups in total. The SMILES string of the molecule is S=c1oc2ccccc2n1CNc1ccc2nc(SC3CCCC3)sc2c1. The van der Waals surface area contributed by atoms with Gasteiger partial charge in [-0.15, -0.1) is 11.3 Å². The van der Waals surface area contributed by atoms with Crippen molar-refractivity contribution in [2.24, 2.45) is 0 Å². The molecule has 1 aliphatic rings. The molecule has 0 amide bonds. The molecule has 27 heavy (non-hydrogen) atoms. The van der Waals surface area contributed by atoms with Crippen LogP contribution in [0.5, 0.6) is 0 Å². The average molecular weight is 414 g/mol. The van der Waals surface area contributed by atoms with Gasteiger partial charge in [0.05, 0.1) is 22.4 Å². The van der Waals surface area contributed by atoms with Crippen LogP contribution >= 0.6 is 35.3 Å². The van der Waals surface area contributed by atoms with E-state index in [1.54, 1.807) is 11.3 Å². The Kier molecular flexibility index (Phi) is 4.67. The van der Waals surface area contributed by atoms with E-state index < -0.39 is 0 Å². The number of anilines is 1. The van der Waals surface area contributed by atoms with Crippen LogP contribution in [0, 0.1) is 4.84 Å². The number of thiazole rings is 1. The van der Waals surface area contributed by atoms with Gasteiger partial charge < -0.3 is 9.73 Å². The summed E-state index contributed by atoms with van der Waals surface area (Å²) in [6, 6.07) is 14.3. The van der Waals surface area contributed by atoms with Crippen LogP contribution in [-0.2, 0) is 6.67 Å². The zero-order chi connectivity index (χ0) is 18.2. The monoisotopic (exact) mass is 413 g/mol. The highest BCUT2D eigenvalue weighted by Gasteiger charge is 2.18. The van der Waals surface area contributed by atoms with E-state index >= 15 is 0 Å². The minimum atomic E-state index is 0.484. The molecule has 7 heteroatoms. The van der Waals surface area contributed by atoms with Crippen molar-refractivity contribution in [3.8, 4) is 0 Å². The second-order valence-corrected chi connectivity index (χ2v) is 9.71. The molecule has 0 radical (unpaired) electrons. The Bertz CT molecular complexity index is 1150. The fraction of sp³-hybridized carbons (Fsp3) is 0.300. The molecule has 1 saturated carbocycles. The summed E-state index contributed by atoms with van der Waals surface area (Å²) in [5.41, 5.74) is 3.96. The van der Waals surface area contributed by atoms with Gasteiger partial charge in [0.1, 0.15) is 0 Å². The van der Waals surface area contributed by atoms with Gasteiger partial charge in [0.2, 0.25) is 0 Å². The van der Waals surface area contributed by atoms with Crippen molar-refractivity contribution < 1.29 is 4.42 Å². The number of rotatable bonds is 5. The quantitative estimate of drug-likeness (QED) is 0.370.